The number of aryl methyl sites for hydroxylation is 1. The van der Waals surface area contributed by atoms with Gasteiger partial charge in [-0.3, -0.25) is 4.79 Å². The van der Waals surface area contributed by atoms with Gasteiger partial charge in [-0.15, -0.1) is 11.3 Å². The molecule has 0 aromatic carbocycles. The second-order valence-corrected chi connectivity index (χ2v) is 8.95. The van der Waals surface area contributed by atoms with E-state index in [1.54, 1.807) is 24.5 Å². The number of rotatable bonds is 6. The number of piperidine rings is 1. The molecule has 1 atom stereocenters. The Morgan fingerprint density at radius 1 is 1.48 bits per heavy atom. The van der Waals surface area contributed by atoms with Gasteiger partial charge in [0.1, 0.15) is 0 Å². The van der Waals surface area contributed by atoms with Crippen molar-refractivity contribution in [1.29, 1.82) is 0 Å². The lowest BCUT2D eigenvalue weighted by molar-refractivity contribution is -0.126. The molecule has 8 heteroatoms. The van der Waals surface area contributed by atoms with Crippen LogP contribution < -0.4 is 5.43 Å². The number of carbonyl (C=O) groups excluding carboxylic acids is 1. The molecule has 23 heavy (non-hydrogen) atoms. The minimum Gasteiger partial charge on any atom is -0.273 e. The molecule has 2 rings (SSSR count). The first-order chi connectivity index (χ1) is 11.0. The van der Waals surface area contributed by atoms with E-state index < -0.39 is 10.0 Å². The van der Waals surface area contributed by atoms with E-state index in [1.807, 2.05) is 12.1 Å². The molecular weight excluding hydrogens is 334 g/mol. The molecule has 1 aliphatic rings. The molecule has 1 N–H and O–H groups in total. The molecular formula is C15H23N3O3S2. The second-order valence-electron chi connectivity index (χ2n) is 5.49. The van der Waals surface area contributed by atoms with Gasteiger partial charge in [0.2, 0.25) is 15.9 Å². The van der Waals surface area contributed by atoms with Crippen LogP contribution in [0.3, 0.4) is 0 Å². The predicted octanol–water partition coefficient (Wildman–Crippen LogP) is 1.82. The first-order valence-electron chi connectivity index (χ1n) is 7.85. The Balaban J connectivity index is 1.90. The third-order valence-corrected chi connectivity index (χ3v) is 6.92. The van der Waals surface area contributed by atoms with Crippen LogP contribution in [0.25, 0.3) is 0 Å². The largest absolute Gasteiger partial charge is 0.273 e. The molecule has 1 saturated heterocycles. The van der Waals surface area contributed by atoms with Crippen LogP contribution in [-0.4, -0.2) is 43.7 Å². The Bertz CT molecular complexity index is 667. The van der Waals surface area contributed by atoms with E-state index in [0.29, 0.717) is 19.4 Å². The number of nitrogens with one attached hydrogen (secondary N) is 1. The van der Waals surface area contributed by atoms with E-state index in [9.17, 15) is 13.2 Å². The summed E-state index contributed by atoms with van der Waals surface area (Å²) in [5.41, 5.74) is 2.53. The predicted molar refractivity (Wildman–Crippen MR) is 93.2 cm³/mol. The molecule has 1 amide bonds. The van der Waals surface area contributed by atoms with Crippen molar-refractivity contribution < 1.29 is 13.2 Å². The highest BCUT2D eigenvalue weighted by atomic mass is 32.2. The molecule has 128 valence electrons. The van der Waals surface area contributed by atoms with Gasteiger partial charge in [0.15, 0.2) is 0 Å². The van der Waals surface area contributed by atoms with Crippen molar-refractivity contribution >= 4 is 33.5 Å². The summed E-state index contributed by atoms with van der Waals surface area (Å²) in [7, 11) is -3.23. The van der Waals surface area contributed by atoms with Gasteiger partial charge in [0, 0.05) is 22.8 Å². The maximum atomic E-state index is 12.2. The van der Waals surface area contributed by atoms with Crippen LogP contribution >= 0.6 is 11.3 Å². The van der Waals surface area contributed by atoms with Gasteiger partial charge in [-0.2, -0.15) is 5.10 Å². The number of hydrogen-bond acceptors (Lipinski definition) is 5. The number of thiophene rings is 1. The van der Waals surface area contributed by atoms with E-state index in [2.05, 4.69) is 17.5 Å². The summed E-state index contributed by atoms with van der Waals surface area (Å²) in [6, 6.07) is 4.01. The molecule has 1 aromatic rings. The Labute approximate surface area is 141 Å². The lowest BCUT2D eigenvalue weighted by Gasteiger charge is -2.30. The molecule has 2 heterocycles. The number of sulfonamides is 1. The standard InChI is InChI=1S/C15H23N3O3S2/c1-3-13-7-8-14(22-13)10-16-17-15(19)12-6-5-9-18(11-12)23(20,21)4-2/h7-8,10,12H,3-6,9,11H2,1-2H3,(H,17,19)/b16-10-/t12-/m0/s1. The zero-order valence-electron chi connectivity index (χ0n) is 13.5. The zero-order valence-corrected chi connectivity index (χ0v) is 15.1. The molecule has 1 fully saturated rings. The minimum atomic E-state index is -3.23. The summed E-state index contributed by atoms with van der Waals surface area (Å²) in [6.45, 7) is 4.46. The Hall–Kier alpha value is -1.25. The van der Waals surface area contributed by atoms with E-state index in [4.69, 9.17) is 0 Å². The van der Waals surface area contributed by atoms with Gasteiger partial charge < -0.3 is 0 Å². The molecule has 0 bridgehead atoms. The summed E-state index contributed by atoms with van der Waals surface area (Å²) in [6.07, 6.45) is 4.00. The van der Waals surface area contributed by atoms with Crippen molar-refractivity contribution in [2.75, 3.05) is 18.8 Å². The van der Waals surface area contributed by atoms with Crippen LogP contribution in [0.15, 0.2) is 17.2 Å². The van der Waals surface area contributed by atoms with Crippen molar-refractivity contribution in [3.8, 4) is 0 Å². The number of hydrogen-bond donors (Lipinski definition) is 1. The number of hydrazone groups is 1. The average molecular weight is 358 g/mol. The van der Waals surface area contributed by atoms with Crippen LogP contribution in [0.2, 0.25) is 0 Å². The minimum absolute atomic E-state index is 0.0671. The summed E-state index contributed by atoms with van der Waals surface area (Å²) in [5, 5.41) is 3.99. The summed E-state index contributed by atoms with van der Waals surface area (Å²) < 4.78 is 25.3. The van der Waals surface area contributed by atoms with Crippen LogP contribution in [0.1, 0.15) is 36.4 Å². The van der Waals surface area contributed by atoms with E-state index in [0.717, 1.165) is 11.3 Å². The van der Waals surface area contributed by atoms with Gasteiger partial charge in [0.25, 0.3) is 0 Å². The summed E-state index contributed by atoms with van der Waals surface area (Å²) in [4.78, 5) is 14.4. The van der Waals surface area contributed by atoms with E-state index >= 15 is 0 Å². The molecule has 0 spiro atoms. The first kappa shape index (κ1) is 18.1. The SMILES string of the molecule is CCc1ccc(/C=N\NC(=O)[C@H]2CCCN(S(=O)(=O)CC)C2)s1. The normalized spacial score (nSPS) is 20.0. The van der Waals surface area contributed by atoms with Gasteiger partial charge >= 0.3 is 0 Å². The number of nitrogens with zero attached hydrogens (tertiary/aromatic N) is 2. The second kappa shape index (κ2) is 8.03. The van der Waals surface area contributed by atoms with E-state index in [1.165, 1.54) is 9.18 Å². The lowest BCUT2D eigenvalue weighted by atomic mass is 9.99. The highest BCUT2D eigenvalue weighted by molar-refractivity contribution is 7.89. The van der Waals surface area contributed by atoms with Gasteiger partial charge in [-0.25, -0.2) is 18.1 Å². The summed E-state index contributed by atoms with van der Waals surface area (Å²) >= 11 is 1.64. The highest BCUT2D eigenvalue weighted by Gasteiger charge is 2.31. The third kappa shape index (κ3) is 4.86. The Morgan fingerprint density at radius 3 is 2.91 bits per heavy atom. The fourth-order valence-corrected chi connectivity index (χ4v) is 4.50. The van der Waals surface area contributed by atoms with Gasteiger partial charge in [0.05, 0.1) is 17.9 Å². The summed E-state index contributed by atoms with van der Waals surface area (Å²) in [5.74, 6) is -0.487. The first-order valence-corrected chi connectivity index (χ1v) is 10.3. The average Bonchev–Trinajstić information content (AvgIpc) is 3.03. The monoisotopic (exact) mass is 357 g/mol. The Morgan fingerprint density at radius 2 is 2.26 bits per heavy atom. The molecule has 6 nitrogen and oxygen atoms in total. The fraction of sp³-hybridized carbons (Fsp3) is 0.600. The van der Waals surface area contributed by atoms with Crippen molar-refractivity contribution in [3.05, 3.63) is 21.9 Å². The highest BCUT2D eigenvalue weighted by Crippen LogP contribution is 2.19. The quantitative estimate of drug-likeness (QED) is 0.623. The van der Waals surface area contributed by atoms with Gasteiger partial charge in [-0.05, 0) is 38.3 Å². The maximum Gasteiger partial charge on any atom is 0.244 e. The van der Waals surface area contributed by atoms with Crippen molar-refractivity contribution in [2.24, 2.45) is 11.0 Å². The van der Waals surface area contributed by atoms with Crippen LogP contribution in [-0.2, 0) is 21.2 Å². The topological polar surface area (TPSA) is 78.8 Å². The zero-order chi connectivity index (χ0) is 16.9. The third-order valence-electron chi connectivity index (χ3n) is 3.91. The van der Waals surface area contributed by atoms with Crippen molar-refractivity contribution in [3.63, 3.8) is 0 Å². The molecule has 1 aromatic heterocycles. The molecule has 0 aliphatic carbocycles. The molecule has 0 unspecified atom stereocenters. The Kier molecular flexibility index (Phi) is 6.32. The van der Waals surface area contributed by atoms with E-state index in [-0.39, 0.29) is 24.1 Å². The lowest BCUT2D eigenvalue weighted by Crippen LogP contribution is -2.45. The number of amides is 1. The van der Waals surface area contributed by atoms with Crippen LogP contribution in [0.4, 0.5) is 0 Å². The van der Waals surface area contributed by atoms with Crippen LogP contribution in [0.5, 0.6) is 0 Å². The molecule has 0 saturated carbocycles. The van der Waals surface area contributed by atoms with Crippen LogP contribution in [0, 0.1) is 5.92 Å². The van der Waals surface area contributed by atoms with Gasteiger partial charge in [-0.1, -0.05) is 6.92 Å². The maximum absolute atomic E-state index is 12.2. The number of carbonyl (C=O) groups is 1. The molecule has 1 aliphatic heterocycles. The van der Waals surface area contributed by atoms with Crippen molar-refractivity contribution in [2.45, 2.75) is 33.1 Å². The smallest absolute Gasteiger partial charge is 0.244 e. The fourth-order valence-electron chi connectivity index (χ4n) is 2.50. The molecule has 0 radical (unpaired) electrons. The van der Waals surface area contributed by atoms with Crippen molar-refractivity contribution in [1.82, 2.24) is 9.73 Å².